The molecule has 132 valence electrons. The van der Waals surface area contributed by atoms with Crippen LogP contribution in [0.1, 0.15) is 6.23 Å². The van der Waals surface area contributed by atoms with E-state index in [2.05, 4.69) is 19.9 Å². The number of H-pyrrole nitrogens is 2. The molecule has 4 atom stereocenters. The maximum Gasteiger partial charge on any atom is 0.177 e. The Labute approximate surface area is 149 Å². The van der Waals surface area contributed by atoms with Crippen molar-refractivity contribution in [3.8, 4) is 0 Å². The fourth-order valence-corrected chi connectivity index (χ4v) is 3.71. The van der Waals surface area contributed by atoms with E-state index in [1.165, 1.54) is 10.9 Å². The van der Waals surface area contributed by atoms with Crippen LogP contribution in [0.4, 0.5) is 5.82 Å². The lowest BCUT2D eigenvalue weighted by molar-refractivity contribution is -0.0492. The zero-order valence-electron chi connectivity index (χ0n) is 12.6. The predicted octanol–water partition coefficient (Wildman–Crippen LogP) is -0.107. The SMILES string of the molecule is Nc1ncnc2c1c1c(=S)[nH]c(=S)[nH]c1n2[C@@H]1O[C@H](CO)[C@@H](O)[C@H]1O. The third kappa shape index (κ3) is 2.30. The van der Waals surface area contributed by atoms with Crippen LogP contribution in [0.5, 0.6) is 0 Å². The number of nitrogens with zero attached hydrogens (tertiary/aromatic N) is 3. The highest BCUT2D eigenvalue weighted by molar-refractivity contribution is 7.72. The number of nitrogen functional groups attached to an aromatic ring is 1. The van der Waals surface area contributed by atoms with Crippen molar-refractivity contribution in [1.29, 1.82) is 0 Å². The quantitative estimate of drug-likeness (QED) is 0.333. The van der Waals surface area contributed by atoms with Crippen molar-refractivity contribution in [3.63, 3.8) is 0 Å². The lowest BCUT2D eigenvalue weighted by Crippen LogP contribution is -2.33. The average molecular weight is 382 g/mol. The molecule has 4 rings (SSSR count). The summed E-state index contributed by atoms with van der Waals surface area (Å²) in [5, 5.41) is 30.8. The van der Waals surface area contributed by atoms with Crippen molar-refractivity contribution in [2.75, 3.05) is 12.3 Å². The number of hydrogen-bond donors (Lipinski definition) is 6. The Bertz CT molecular complexity index is 1090. The molecule has 25 heavy (non-hydrogen) atoms. The molecule has 1 saturated heterocycles. The van der Waals surface area contributed by atoms with Crippen molar-refractivity contribution in [2.45, 2.75) is 24.5 Å². The third-order valence-electron chi connectivity index (χ3n) is 4.27. The molecule has 1 fully saturated rings. The molecule has 4 heterocycles. The molecule has 0 bridgehead atoms. The van der Waals surface area contributed by atoms with Crippen LogP contribution in [0.15, 0.2) is 6.33 Å². The molecule has 0 saturated carbocycles. The number of fused-ring (bicyclic) bond motifs is 3. The first-order chi connectivity index (χ1) is 11.9. The van der Waals surface area contributed by atoms with Gasteiger partial charge in [0.1, 0.15) is 46.4 Å². The minimum Gasteiger partial charge on any atom is -0.394 e. The van der Waals surface area contributed by atoms with Crippen molar-refractivity contribution in [2.24, 2.45) is 0 Å². The highest BCUT2D eigenvalue weighted by Crippen LogP contribution is 2.37. The largest absolute Gasteiger partial charge is 0.394 e. The first-order valence-corrected chi connectivity index (χ1v) is 8.14. The van der Waals surface area contributed by atoms with Gasteiger partial charge in [-0.3, -0.25) is 4.57 Å². The van der Waals surface area contributed by atoms with Crippen molar-refractivity contribution in [1.82, 2.24) is 24.5 Å². The van der Waals surface area contributed by atoms with Crippen molar-refractivity contribution < 1.29 is 20.1 Å². The summed E-state index contributed by atoms with van der Waals surface area (Å²) >= 11 is 10.5. The van der Waals surface area contributed by atoms with E-state index >= 15 is 0 Å². The Morgan fingerprint density at radius 2 is 1.96 bits per heavy atom. The standard InChI is InChI=1S/C13H14N6O4S2/c14-8-4-5-10(17-13(25)18-11(5)24)19(9(4)16-2-15-8)12-7(22)6(21)3(1-20)23-12/h2-3,6-7,12,20-22H,1H2,(H2,14,15,16)(H2,17,18,24,25)/t3-,6-,7-,12-/m1/s1. The van der Waals surface area contributed by atoms with Crippen LogP contribution >= 0.6 is 24.4 Å². The van der Waals surface area contributed by atoms with Gasteiger partial charge in [-0.2, -0.15) is 0 Å². The Morgan fingerprint density at radius 1 is 1.20 bits per heavy atom. The molecule has 0 spiro atoms. The molecule has 0 unspecified atom stereocenters. The lowest BCUT2D eigenvalue weighted by Gasteiger charge is -2.18. The smallest absolute Gasteiger partial charge is 0.177 e. The number of anilines is 1. The minimum absolute atomic E-state index is 0.200. The maximum atomic E-state index is 10.4. The number of aromatic amines is 2. The molecule has 1 aliphatic rings. The minimum atomic E-state index is -1.30. The second-order valence-electron chi connectivity index (χ2n) is 5.69. The molecule has 0 amide bonds. The molecule has 0 aromatic carbocycles. The maximum absolute atomic E-state index is 10.4. The average Bonchev–Trinajstić information content (AvgIpc) is 3.04. The monoisotopic (exact) mass is 382 g/mol. The molecule has 7 N–H and O–H groups in total. The van der Waals surface area contributed by atoms with E-state index in [1.807, 2.05) is 0 Å². The van der Waals surface area contributed by atoms with E-state index in [-0.39, 0.29) is 10.6 Å². The summed E-state index contributed by atoms with van der Waals surface area (Å²) < 4.78 is 7.74. The van der Waals surface area contributed by atoms with Gasteiger partial charge in [0.05, 0.1) is 17.4 Å². The molecular formula is C13H14N6O4S2. The number of nitrogens with two attached hydrogens (primary N) is 1. The van der Waals surface area contributed by atoms with Gasteiger partial charge in [-0.05, 0) is 12.2 Å². The number of nitrogens with one attached hydrogen (secondary N) is 2. The second kappa shape index (κ2) is 5.79. The van der Waals surface area contributed by atoms with Gasteiger partial charge in [-0.15, -0.1) is 0 Å². The number of aliphatic hydroxyl groups excluding tert-OH is 3. The molecule has 0 aliphatic carbocycles. The third-order valence-corrected chi connectivity index (χ3v) is 4.78. The second-order valence-corrected chi connectivity index (χ2v) is 6.50. The fraction of sp³-hybridized carbons (Fsp3) is 0.385. The summed E-state index contributed by atoms with van der Waals surface area (Å²) in [4.78, 5) is 14.0. The number of ether oxygens (including phenoxy) is 1. The summed E-state index contributed by atoms with van der Waals surface area (Å²) in [5.41, 5.74) is 6.78. The van der Waals surface area contributed by atoms with Gasteiger partial charge in [0.2, 0.25) is 0 Å². The summed E-state index contributed by atoms with van der Waals surface area (Å²) in [6.45, 7) is -0.445. The van der Waals surface area contributed by atoms with Gasteiger partial charge in [0, 0.05) is 0 Å². The summed E-state index contributed by atoms with van der Waals surface area (Å²) in [6, 6.07) is 0. The van der Waals surface area contributed by atoms with Crippen LogP contribution in [-0.2, 0) is 4.74 Å². The topological polar surface area (TPSA) is 158 Å². The Hall–Kier alpha value is -1.96. The van der Waals surface area contributed by atoms with Gasteiger partial charge >= 0.3 is 0 Å². The molecule has 12 heteroatoms. The van der Waals surface area contributed by atoms with Gasteiger partial charge in [-0.25, -0.2) is 9.97 Å². The first kappa shape index (κ1) is 16.5. The van der Waals surface area contributed by atoms with E-state index in [0.29, 0.717) is 26.7 Å². The van der Waals surface area contributed by atoms with Gasteiger partial charge < -0.3 is 35.8 Å². The first-order valence-electron chi connectivity index (χ1n) is 7.33. The highest BCUT2D eigenvalue weighted by Gasteiger charge is 2.44. The predicted molar refractivity (Wildman–Crippen MR) is 92.8 cm³/mol. The van der Waals surface area contributed by atoms with E-state index in [4.69, 9.17) is 34.9 Å². The number of hydrogen-bond acceptors (Lipinski definition) is 9. The molecule has 1 aliphatic heterocycles. The van der Waals surface area contributed by atoms with Gasteiger partial charge in [-0.1, -0.05) is 12.2 Å². The van der Waals surface area contributed by atoms with E-state index < -0.39 is 31.1 Å². The number of aromatic nitrogens is 5. The van der Waals surface area contributed by atoms with Crippen LogP contribution < -0.4 is 5.73 Å². The number of rotatable bonds is 2. The number of aliphatic hydroxyl groups is 3. The zero-order valence-corrected chi connectivity index (χ0v) is 14.2. The highest BCUT2D eigenvalue weighted by atomic mass is 32.1. The molecular weight excluding hydrogens is 368 g/mol. The van der Waals surface area contributed by atoms with Crippen LogP contribution in [0, 0.1) is 9.41 Å². The van der Waals surface area contributed by atoms with E-state index in [9.17, 15) is 15.3 Å². The van der Waals surface area contributed by atoms with Gasteiger partial charge in [0.15, 0.2) is 11.0 Å². The van der Waals surface area contributed by atoms with Crippen LogP contribution in [-0.4, -0.2) is 64.7 Å². The summed E-state index contributed by atoms with van der Waals surface area (Å²) in [7, 11) is 0. The lowest BCUT2D eigenvalue weighted by atomic mass is 10.1. The van der Waals surface area contributed by atoms with Crippen LogP contribution in [0.3, 0.4) is 0 Å². The van der Waals surface area contributed by atoms with E-state index in [0.717, 1.165) is 0 Å². The molecule has 3 aromatic rings. The summed E-state index contributed by atoms with van der Waals surface area (Å²) in [5.74, 6) is 0.200. The van der Waals surface area contributed by atoms with E-state index in [1.54, 1.807) is 0 Å². The Morgan fingerprint density at radius 3 is 2.64 bits per heavy atom. The van der Waals surface area contributed by atoms with Crippen LogP contribution in [0.25, 0.3) is 22.1 Å². The molecule has 0 radical (unpaired) electrons. The normalized spacial score (nSPS) is 26.7. The summed E-state index contributed by atoms with van der Waals surface area (Å²) in [6.07, 6.45) is -3.25. The zero-order chi connectivity index (χ0) is 17.9. The van der Waals surface area contributed by atoms with Crippen LogP contribution in [0.2, 0.25) is 0 Å². The Balaban J connectivity index is 2.11. The fourth-order valence-electron chi connectivity index (χ4n) is 3.15. The Kier molecular flexibility index (Phi) is 3.82. The van der Waals surface area contributed by atoms with Crippen molar-refractivity contribution >= 4 is 52.3 Å². The molecule has 10 nitrogen and oxygen atoms in total. The molecule has 3 aromatic heterocycles. The van der Waals surface area contributed by atoms with Crippen molar-refractivity contribution in [3.05, 3.63) is 15.7 Å². The van der Waals surface area contributed by atoms with Gasteiger partial charge in [0.25, 0.3) is 0 Å².